The molecule has 0 aromatic carbocycles. The number of nitrogens with zero attached hydrogens (tertiary/aromatic N) is 2. The van der Waals surface area contributed by atoms with Gasteiger partial charge in [-0.3, -0.25) is 0 Å². The Kier molecular flexibility index (Phi) is 3.15. The Hall–Kier alpha value is -0.880. The smallest absolute Gasteiger partial charge is 0.151 e. The summed E-state index contributed by atoms with van der Waals surface area (Å²) < 4.78 is 25.1. The highest BCUT2D eigenvalue weighted by molar-refractivity contribution is 7.91. The second kappa shape index (κ2) is 4.66. The first-order chi connectivity index (χ1) is 8.64. The van der Waals surface area contributed by atoms with E-state index in [1.165, 1.54) is 6.42 Å². The van der Waals surface area contributed by atoms with Crippen LogP contribution in [0.4, 0.5) is 0 Å². The van der Waals surface area contributed by atoms with Gasteiger partial charge < -0.3 is 9.88 Å². The van der Waals surface area contributed by atoms with Crippen LogP contribution in [0.5, 0.6) is 0 Å². The molecule has 1 aromatic heterocycles. The number of hydrogen-bond donors (Lipinski definition) is 1. The first kappa shape index (κ1) is 12.2. The average molecular weight is 269 g/mol. The molecular weight excluding hydrogens is 250 g/mol. The van der Waals surface area contributed by atoms with Gasteiger partial charge in [0.1, 0.15) is 0 Å². The Bertz CT molecular complexity index is 497. The summed E-state index contributed by atoms with van der Waals surface area (Å²) in [6, 6.07) is 0.956. The summed E-state index contributed by atoms with van der Waals surface area (Å²) >= 11 is 0. The number of imidazole rings is 1. The number of aromatic nitrogens is 2. The minimum atomic E-state index is -2.79. The molecule has 0 amide bonds. The molecule has 5 nitrogen and oxygen atoms in total. The fraction of sp³-hybridized carbons (Fsp3) is 0.750. The van der Waals surface area contributed by atoms with Crippen LogP contribution in [0.15, 0.2) is 18.7 Å². The van der Waals surface area contributed by atoms with Crippen molar-refractivity contribution in [3.63, 3.8) is 0 Å². The molecule has 0 radical (unpaired) electrons. The summed E-state index contributed by atoms with van der Waals surface area (Å²) in [7, 11) is -2.79. The van der Waals surface area contributed by atoms with Gasteiger partial charge in [-0.15, -0.1) is 0 Å². The molecule has 1 aliphatic heterocycles. The van der Waals surface area contributed by atoms with Gasteiger partial charge in [0.25, 0.3) is 0 Å². The Morgan fingerprint density at radius 3 is 2.83 bits per heavy atom. The maximum absolute atomic E-state index is 11.5. The van der Waals surface area contributed by atoms with Crippen LogP contribution in [0, 0.1) is 0 Å². The molecule has 1 N–H and O–H groups in total. The third-order valence-electron chi connectivity index (χ3n) is 4.07. The van der Waals surface area contributed by atoms with Crippen molar-refractivity contribution in [3.05, 3.63) is 18.7 Å². The van der Waals surface area contributed by atoms with Crippen molar-refractivity contribution in [1.29, 1.82) is 0 Å². The monoisotopic (exact) mass is 269 g/mol. The van der Waals surface area contributed by atoms with Gasteiger partial charge >= 0.3 is 0 Å². The van der Waals surface area contributed by atoms with Crippen molar-refractivity contribution in [2.45, 2.75) is 43.8 Å². The predicted octanol–water partition coefficient (Wildman–Crippen LogP) is 0.753. The molecule has 2 fully saturated rings. The minimum absolute atomic E-state index is 0.143. The SMILES string of the molecule is O=S1(=O)CCC(NC2CCCC2n2ccnc2)C1. The summed E-state index contributed by atoms with van der Waals surface area (Å²) in [6.07, 6.45) is 9.88. The van der Waals surface area contributed by atoms with E-state index in [-0.39, 0.29) is 6.04 Å². The molecule has 6 heteroatoms. The minimum Gasteiger partial charge on any atom is -0.333 e. The summed E-state index contributed by atoms with van der Waals surface area (Å²) in [5.74, 6) is 0.646. The zero-order valence-corrected chi connectivity index (χ0v) is 11.1. The Labute approximate surface area is 108 Å². The number of hydrogen-bond acceptors (Lipinski definition) is 4. The molecular formula is C12H19N3O2S. The summed E-state index contributed by atoms with van der Waals surface area (Å²) in [5.41, 5.74) is 0. The van der Waals surface area contributed by atoms with Crippen LogP contribution in [0.1, 0.15) is 31.7 Å². The van der Waals surface area contributed by atoms with Crippen LogP contribution in [0.3, 0.4) is 0 Å². The quantitative estimate of drug-likeness (QED) is 0.879. The summed E-state index contributed by atoms with van der Waals surface area (Å²) in [5, 5.41) is 3.54. The first-order valence-corrected chi connectivity index (χ1v) is 8.40. The number of nitrogens with one attached hydrogen (secondary N) is 1. The van der Waals surface area contributed by atoms with Gasteiger partial charge in [-0.1, -0.05) is 0 Å². The fourth-order valence-electron chi connectivity index (χ4n) is 3.19. The first-order valence-electron chi connectivity index (χ1n) is 6.58. The van der Waals surface area contributed by atoms with E-state index in [4.69, 9.17) is 0 Å². The highest BCUT2D eigenvalue weighted by Crippen LogP contribution is 2.31. The molecule has 0 bridgehead atoms. The van der Waals surface area contributed by atoms with E-state index >= 15 is 0 Å². The molecule has 1 saturated carbocycles. The molecule has 1 aromatic rings. The van der Waals surface area contributed by atoms with E-state index in [9.17, 15) is 8.42 Å². The lowest BCUT2D eigenvalue weighted by Gasteiger charge is -2.25. The molecule has 3 atom stereocenters. The molecule has 1 saturated heterocycles. The van der Waals surface area contributed by atoms with Crippen molar-refractivity contribution >= 4 is 9.84 Å². The molecule has 3 rings (SSSR count). The van der Waals surface area contributed by atoms with E-state index in [1.54, 1.807) is 6.20 Å². The van der Waals surface area contributed by atoms with Gasteiger partial charge in [0.05, 0.1) is 17.8 Å². The zero-order valence-electron chi connectivity index (χ0n) is 10.3. The lowest BCUT2D eigenvalue weighted by molar-refractivity contribution is 0.361. The van der Waals surface area contributed by atoms with Crippen LogP contribution in [-0.4, -0.2) is 41.6 Å². The van der Waals surface area contributed by atoms with Crippen molar-refractivity contribution in [2.75, 3.05) is 11.5 Å². The molecule has 1 aliphatic carbocycles. The predicted molar refractivity (Wildman–Crippen MR) is 69.1 cm³/mol. The van der Waals surface area contributed by atoms with Gasteiger partial charge in [0.15, 0.2) is 9.84 Å². The van der Waals surface area contributed by atoms with E-state index in [0.717, 1.165) is 19.3 Å². The lowest BCUT2D eigenvalue weighted by Crippen LogP contribution is -2.41. The molecule has 2 heterocycles. The standard InChI is InChI=1S/C12H19N3O2S/c16-18(17)7-4-10(8-18)14-11-2-1-3-12(11)15-6-5-13-9-15/h5-6,9-12,14H,1-4,7-8H2. The van der Waals surface area contributed by atoms with Crippen LogP contribution < -0.4 is 5.32 Å². The molecule has 3 unspecified atom stereocenters. The Morgan fingerprint density at radius 1 is 1.28 bits per heavy atom. The normalized spacial score (nSPS) is 35.0. The van der Waals surface area contributed by atoms with Crippen molar-refractivity contribution < 1.29 is 8.42 Å². The summed E-state index contributed by atoms with van der Waals surface area (Å²) in [4.78, 5) is 4.10. The average Bonchev–Trinajstić information content (AvgIpc) is 2.99. The molecule has 18 heavy (non-hydrogen) atoms. The van der Waals surface area contributed by atoms with E-state index in [1.807, 2.05) is 12.5 Å². The van der Waals surface area contributed by atoms with Crippen LogP contribution in [-0.2, 0) is 9.84 Å². The molecule has 100 valence electrons. The van der Waals surface area contributed by atoms with E-state index < -0.39 is 9.84 Å². The van der Waals surface area contributed by atoms with Gasteiger partial charge in [-0.05, 0) is 25.7 Å². The maximum atomic E-state index is 11.5. The van der Waals surface area contributed by atoms with Crippen molar-refractivity contribution in [2.24, 2.45) is 0 Å². The van der Waals surface area contributed by atoms with E-state index in [0.29, 0.717) is 23.6 Å². The Balaban J connectivity index is 1.66. The van der Waals surface area contributed by atoms with Gasteiger partial charge in [-0.25, -0.2) is 13.4 Å². The largest absolute Gasteiger partial charge is 0.333 e. The van der Waals surface area contributed by atoms with E-state index in [2.05, 4.69) is 14.9 Å². The van der Waals surface area contributed by atoms with Crippen LogP contribution in [0.2, 0.25) is 0 Å². The van der Waals surface area contributed by atoms with Gasteiger partial charge in [-0.2, -0.15) is 0 Å². The Morgan fingerprint density at radius 2 is 2.17 bits per heavy atom. The zero-order chi connectivity index (χ0) is 12.6. The lowest BCUT2D eigenvalue weighted by atomic mass is 10.1. The number of sulfone groups is 1. The third-order valence-corrected chi connectivity index (χ3v) is 5.84. The van der Waals surface area contributed by atoms with Gasteiger partial charge in [0, 0.05) is 30.5 Å². The summed E-state index contributed by atoms with van der Waals surface area (Å²) in [6.45, 7) is 0. The van der Waals surface area contributed by atoms with Crippen LogP contribution in [0.25, 0.3) is 0 Å². The number of rotatable bonds is 3. The third kappa shape index (κ3) is 2.44. The molecule has 0 spiro atoms. The highest BCUT2D eigenvalue weighted by Gasteiger charge is 2.34. The van der Waals surface area contributed by atoms with Crippen molar-refractivity contribution in [3.8, 4) is 0 Å². The fourth-order valence-corrected chi connectivity index (χ4v) is 4.87. The van der Waals surface area contributed by atoms with Crippen LogP contribution >= 0.6 is 0 Å². The van der Waals surface area contributed by atoms with Gasteiger partial charge in [0.2, 0.25) is 0 Å². The maximum Gasteiger partial charge on any atom is 0.151 e. The second-order valence-electron chi connectivity index (χ2n) is 5.38. The second-order valence-corrected chi connectivity index (χ2v) is 7.61. The highest BCUT2D eigenvalue weighted by atomic mass is 32.2. The molecule has 2 aliphatic rings. The van der Waals surface area contributed by atoms with Crippen molar-refractivity contribution in [1.82, 2.24) is 14.9 Å². The topological polar surface area (TPSA) is 64.0 Å².